The van der Waals surface area contributed by atoms with E-state index in [0.717, 1.165) is 0 Å². The Labute approximate surface area is 111 Å². The zero-order chi connectivity index (χ0) is 13.1. The van der Waals surface area contributed by atoms with Gasteiger partial charge in [0.2, 0.25) is 5.89 Å². The number of carbonyl (C=O) groups is 1. The summed E-state index contributed by atoms with van der Waals surface area (Å²) in [5.41, 5.74) is 5.92. The fraction of sp³-hybridized carbons (Fsp3) is 0.200. The van der Waals surface area contributed by atoms with Gasteiger partial charge in [0.05, 0.1) is 12.1 Å². The number of aryl methyl sites for hydroxylation is 1. The van der Waals surface area contributed by atoms with Crippen LogP contribution in [0.5, 0.6) is 0 Å². The van der Waals surface area contributed by atoms with Crippen LogP contribution in [0.4, 0.5) is 5.82 Å². The average Bonchev–Trinajstić information content (AvgIpc) is 2.75. The molecule has 0 aliphatic heterocycles. The van der Waals surface area contributed by atoms with Gasteiger partial charge in [0.1, 0.15) is 5.82 Å². The Morgan fingerprint density at radius 1 is 1.61 bits per heavy atom. The lowest BCUT2D eigenvalue weighted by atomic mass is 10.2. The van der Waals surface area contributed by atoms with Crippen molar-refractivity contribution in [2.45, 2.75) is 13.5 Å². The second kappa shape index (κ2) is 5.13. The van der Waals surface area contributed by atoms with Crippen LogP contribution in [-0.4, -0.2) is 21.0 Å². The summed E-state index contributed by atoms with van der Waals surface area (Å²) in [5.74, 6) is 0.675. The summed E-state index contributed by atoms with van der Waals surface area (Å²) < 4.78 is 5.47. The smallest absolute Gasteiger partial charge is 0.255 e. The maximum atomic E-state index is 11.9. The van der Waals surface area contributed by atoms with E-state index in [2.05, 4.69) is 36.4 Å². The molecule has 0 spiro atoms. The second-order valence-corrected chi connectivity index (χ2v) is 4.41. The minimum atomic E-state index is -0.344. The lowest BCUT2D eigenvalue weighted by Gasteiger charge is -2.05. The molecule has 0 aromatic carbocycles. The van der Waals surface area contributed by atoms with Gasteiger partial charge in [0, 0.05) is 17.6 Å². The van der Waals surface area contributed by atoms with E-state index in [0.29, 0.717) is 21.8 Å². The first-order valence-electron chi connectivity index (χ1n) is 5.04. The molecule has 0 radical (unpaired) electrons. The SMILES string of the molecule is Cc1nc(CNC(=O)c2cc(Br)cnc2N)no1. The summed E-state index contributed by atoms with van der Waals surface area (Å²) in [4.78, 5) is 19.7. The van der Waals surface area contributed by atoms with Crippen molar-refractivity contribution in [1.82, 2.24) is 20.4 Å². The van der Waals surface area contributed by atoms with Gasteiger partial charge in [-0.25, -0.2) is 4.98 Å². The summed E-state index contributed by atoms with van der Waals surface area (Å²) in [6.45, 7) is 1.84. The summed E-state index contributed by atoms with van der Waals surface area (Å²) in [6.07, 6.45) is 1.52. The fourth-order valence-corrected chi connectivity index (χ4v) is 1.63. The lowest BCUT2D eigenvalue weighted by molar-refractivity contribution is 0.0950. The van der Waals surface area contributed by atoms with E-state index in [9.17, 15) is 4.79 Å². The molecule has 0 aliphatic carbocycles. The number of halogens is 1. The first-order valence-corrected chi connectivity index (χ1v) is 5.84. The summed E-state index contributed by atoms with van der Waals surface area (Å²) in [5, 5.41) is 6.30. The van der Waals surface area contributed by atoms with Crippen LogP contribution in [0, 0.1) is 6.92 Å². The molecule has 0 unspecified atom stereocenters. The third-order valence-electron chi connectivity index (χ3n) is 2.11. The molecule has 2 aromatic rings. The van der Waals surface area contributed by atoms with Gasteiger partial charge >= 0.3 is 0 Å². The number of nitrogen functional groups attached to an aromatic ring is 1. The minimum absolute atomic E-state index is 0.167. The molecule has 94 valence electrons. The molecule has 1 amide bonds. The van der Waals surface area contributed by atoms with E-state index in [1.165, 1.54) is 6.20 Å². The Morgan fingerprint density at radius 2 is 2.39 bits per heavy atom. The number of anilines is 1. The Balaban J connectivity index is 2.05. The number of carbonyl (C=O) groups excluding carboxylic acids is 1. The van der Waals surface area contributed by atoms with Crippen molar-refractivity contribution < 1.29 is 9.32 Å². The van der Waals surface area contributed by atoms with Crippen molar-refractivity contribution >= 4 is 27.7 Å². The minimum Gasteiger partial charge on any atom is -0.383 e. The van der Waals surface area contributed by atoms with Crippen LogP contribution >= 0.6 is 15.9 Å². The van der Waals surface area contributed by atoms with Crippen molar-refractivity contribution in [3.63, 3.8) is 0 Å². The van der Waals surface area contributed by atoms with Crippen LogP contribution in [0.15, 0.2) is 21.3 Å². The molecule has 0 fully saturated rings. The normalized spacial score (nSPS) is 10.3. The van der Waals surface area contributed by atoms with Crippen molar-refractivity contribution in [1.29, 1.82) is 0 Å². The van der Waals surface area contributed by atoms with Crippen LogP contribution in [-0.2, 0) is 6.54 Å². The molecule has 8 heteroatoms. The number of aromatic nitrogens is 3. The second-order valence-electron chi connectivity index (χ2n) is 3.50. The highest BCUT2D eigenvalue weighted by molar-refractivity contribution is 9.10. The van der Waals surface area contributed by atoms with Gasteiger partial charge < -0.3 is 15.6 Å². The molecular weight excluding hydrogens is 302 g/mol. The van der Waals surface area contributed by atoms with E-state index in [-0.39, 0.29) is 18.3 Å². The largest absolute Gasteiger partial charge is 0.383 e. The van der Waals surface area contributed by atoms with Gasteiger partial charge in [0.25, 0.3) is 5.91 Å². The topological polar surface area (TPSA) is 107 Å². The van der Waals surface area contributed by atoms with Crippen LogP contribution in [0.25, 0.3) is 0 Å². The van der Waals surface area contributed by atoms with Gasteiger partial charge in [-0.1, -0.05) is 5.16 Å². The zero-order valence-corrected chi connectivity index (χ0v) is 11.1. The first kappa shape index (κ1) is 12.5. The molecule has 2 heterocycles. The van der Waals surface area contributed by atoms with Crippen LogP contribution in [0.1, 0.15) is 22.1 Å². The number of nitrogens with one attached hydrogen (secondary N) is 1. The molecule has 7 nitrogen and oxygen atoms in total. The molecule has 0 aliphatic rings. The van der Waals surface area contributed by atoms with Crippen LogP contribution < -0.4 is 11.1 Å². The van der Waals surface area contributed by atoms with E-state index < -0.39 is 0 Å². The van der Waals surface area contributed by atoms with Gasteiger partial charge in [0.15, 0.2) is 5.82 Å². The Morgan fingerprint density at radius 3 is 3.06 bits per heavy atom. The van der Waals surface area contributed by atoms with Crippen molar-refractivity contribution in [3.8, 4) is 0 Å². The number of hydrogen-bond donors (Lipinski definition) is 2. The van der Waals surface area contributed by atoms with Gasteiger partial charge in [-0.3, -0.25) is 4.79 Å². The van der Waals surface area contributed by atoms with E-state index in [1.54, 1.807) is 13.0 Å². The predicted molar refractivity (Wildman–Crippen MR) is 66.6 cm³/mol. The number of nitrogens with two attached hydrogens (primary N) is 1. The highest BCUT2D eigenvalue weighted by Gasteiger charge is 2.12. The fourth-order valence-electron chi connectivity index (χ4n) is 1.30. The molecule has 2 aromatic heterocycles. The predicted octanol–water partition coefficient (Wildman–Crippen LogP) is 1.05. The molecule has 0 atom stereocenters. The number of pyridine rings is 1. The number of hydrogen-bond acceptors (Lipinski definition) is 6. The zero-order valence-electron chi connectivity index (χ0n) is 9.48. The van der Waals surface area contributed by atoms with E-state index in [1.807, 2.05) is 0 Å². The van der Waals surface area contributed by atoms with E-state index in [4.69, 9.17) is 10.3 Å². The number of amides is 1. The van der Waals surface area contributed by atoms with Gasteiger partial charge in [-0.05, 0) is 22.0 Å². The maximum Gasteiger partial charge on any atom is 0.255 e. The van der Waals surface area contributed by atoms with Crippen LogP contribution in [0.3, 0.4) is 0 Å². The Kier molecular flexibility index (Phi) is 3.56. The van der Waals surface area contributed by atoms with Crippen molar-refractivity contribution in [2.75, 3.05) is 5.73 Å². The molecule has 0 saturated carbocycles. The third-order valence-corrected chi connectivity index (χ3v) is 2.54. The molecule has 2 rings (SSSR count). The molecule has 0 bridgehead atoms. The third kappa shape index (κ3) is 2.83. The standard InChI is InChI=1S/C10H10BrN5O2/c1-5-15-8(16-18-5)4-14-10(17)7-2-6(11)3-13-9(7)12/h2-3H,4H2,1H3,(H2,12,13)(H,14,17). The Bertz CT molecular complexity index is 583. The average molecular weight is 312 g/mol. The first-order chi connectivity index (χ1) is 8.56. The lowest BCUT2D eigenvalue weighted by Crippen LogP contribution is -2.24. The molecular formula is C10H10BrN5O2. The Hall–Kier alpha value is -1.96. The van der Waals surface area contributed by atoms with E-state index >= 15 is 0 Å². The number of nitrogens with zero attached hydrogens (tertiary/aromatic N) is 3. The molecule has 0 saturated heterocycles. The van der Waals surface area contributed by atoms with Crippen LogP contribution in [0.2, 0.25) is 0 Å². The van der Waals surface area contributed by atoms with Gasteiger partial charge in [-0.2, -0.15) is 4.98 Å². The monoisotopic (exact) mass is 311 g/mol. The molecule has 3 N–H and O–H groups in total. The highest BCUT2D eigenvalue weighted by atomic mass is 79.9. The van der Waals surface area contributed by atoms with Crippen molar-refractivity contribution in [3.05, 3.63) is 34.0 Å². The highest BCUT2D eigenvalue weighted by Crippen LogP contribution is 2.15. The van der Waals surface area contributed by atoms with Gasteiger partial charge in [-0.15, -0.1) is 0 Å². The van der Waals surface area contributed by atoms with Crippen molar-refractivity contribution in [2.24, 2.45) is 0 Å². The molecule has 18 heavy (non-hydrogen) atoms. The quantitative estimate of drug-likeness (QED) is 0.877. The summed E-state index contributed by atoms with van der Waals surface area (Å²) in [6, 6.07) is 1.60. The summed E-state index contributed by atoms with van der Waals surface area (Å²) in [7, 11) is 0. The maximum absolute atomic E-state index is 11.9. The number of rotatable bonds is 3. The summed E-state index contributed by atoms with van der Waals surface area (Å²) >= 11 is 3.23.